The van der Waals surface area contributed by atoms with E-state index in [9.17, 15) is 0 Å². The van der Waals surface area contributed by atoms with E-state index >= 15 is 0 Å². The zero-order chi connectivity index (χ0) is 26.5. The van der Waals surface area contributed by atoms with Crippen molar-refractivity contribution in [3.05, 3.63) is 149 Å². The molecule has 0 unspecified atom stereocenters. The van der Waals surface area contributed by atoms with Crippen LogP contribution in [0.5, 0.6) is 0 Å². The van der Waals surface area contributed by atoms with Gasteiger partial charge >= 0.3 is 0 Å². The van der Waals surface area contributed by atoms with Gasteiger partial charge in [-0.3, -0.25) is 0 Å². The van der Waals surface area contributed by atoms with Crippen LogP contribution in [0.25, 0.3) is 0 Å². The second-order valence-electron chi connectivity index (χ2n) is 9.83. The predicted molar refractivity (Wildman–Crippen MR) is 163 cm³/mol. The van der Waals surface area contributed by atoms with Crippen LogP contribution in [0.1, 0.15) is 27.8 Å². The van der Waals surface area contributed by atoms with E-state index in [1.807, 2.05) is 11.2 Å². The van der Waals surface area contributed by atoms with Crippen LogP contribution in [-0.4, -0.2) is 6.21 Å². The number of benzene rings is 5. The second-order valence-corrected chi connectivity index (χ2v) is 9.83. The average Bonchev–Trinajstić information content (AvgIpc) is 2.94. The van der Waals surface area contributed by atoms with Gasteiger partial charge in [0.2, 0.25) is 0 Å². The molecule has 188 valence electrons. The summed E-state index contributed by atoms with van der Waals surface area (Å²) in [4.78, 5) is 2.28. The molecule has 0 N–H and O–H groups in total. The van der Waals surface area contributed by atoms with Gasteiger partial charge in [-0.1, -0.05) is 82.9 Å². The first kappa shape index (κ1) is 25.0. The molecule has 5 aromatic rings. The highest BCUT2D eigenvalue weighted by Gasteiger charge is 2.12. The van der Waals surface area contributed by atoms with E-state index < -0.39 is 0 Å². The number of nitrogens with zero attached hydrogens (tertiary/aromatic N) is 3. The van der Waals surface area contributed by atoms with E-state index in [0.29, 0.717) is 0 Å². The fourth-order valence-corrected chi connectivity index (χ4v) is 4.32. The summed E-state index contributed by atoms with van der Waals surface area (Å²) in [5, 5.41) is 6.88. The van der Waals surface area contributed by atoms with Crippen LogP contribution in [0, 0.1) is 27.7 Å². The maximum absolute atomic E-state index is 4.90. The highest BCUT2D eigenvalue weighted by molar-refractivity contribution is 5.84. The SMILES string of the molecule is Cc1ccc(N(/N=C/c2ccc(N(c3ccc(C)cc3)c3ccc(C)cc3)cc2)c2ccc(C)cc2)cc1. The molecule has 0 aliphatic carbocycles. The van der Waals surface area contributed by atoms with Gasteiger partial charge in [-0.05, 0) is 93.9 Å². The Morgan fingerprint density at radius 1 is 0.395 bits per heavy atom. The van der Waals surface area contributed by atoms with E-state index in [2.05, 4.69) is 154 Å². The van der Waals surface area contributed by atoms with Gasteiger partial charge < -0.3 is 4.90 Å². The largest absolute Gasteiger partial charge is 0.311 e. The summed E-state index contributed by atoms with van der Waals surface area (Å²) >= 11 is 0. The highest BCUT2D eigenvalue weighted by Crippen LogP contribution is 2.35. The van der Waals surface area contributed by atoms with Crippen LogP contribution < -0.4 is 9.91 Å². The summed E-state index contributed by atoms with van der Waals surface area (Å²) in [6, 6.07) is 42.8. The highest BCUT2D eigenvalue weighted by atomic mass is 15.5. The van der Waals surface area contributed by atoms with Gasteiger partial charge in [0.05, 0.1) is 17.6 Å². The molecule has 0 atom stereocenters. The standard InChI is InChI=1S/C35H33N3/c1-26-5-15-31(16-6-26)37(32-17-7-27(2)8-18-32)33-23-13-30(14-24-33)25-36-38(34-19-9-28(3)10-20-34)35-21-11-29(4)12-22-35/h5-25H,1-4H3/b36-25+. The molecular weight excluding hydrogens is 462 g/mol. The molecule has 0 aliphatic rings. The first-order valence-corrected chi connectivity index (χ1v) is 13.0. The van der Waals surface area contributed by atoms with Crippen molar-refractivity contribution in [3.8, 4) is 0 Å². The number of hydrogen-bond acceptors (Lipinski definition) is 3. The molecule has 0 aliphatic heterocycles. The number of rotatable bonds is 7. The molecule has 38 heavy (non-hydrogen) atoms. The first-order valence-electron chi connectivity index (χ1n) is 13.0. The number of hydrogen-bond donors (Lipinski definition) is 0. The molecule has 3 heteroatoms. The van der Waals surface area contributed by atoms with Crippen molar-refractivity contribution in [3.63, 3.8) is 0 Å². The smallest absolute Gasteiger partial charge is 0.0652 e. The van der Waals surface area contributed by atoms with E-state index in [1.165, 1.54) is 22.3 Å². The third kappa shape index (κ3) is 5.84. The predicted octanol–water partition coefficient (Wildman–Crippen LogP) is 9.56. The minimum Gasteiger partial charge on any atom is -0.311 e. The number of anilines is 5. The van der Waals surface area contributed by atoms with Gasteiger partial charge in [-0.2, -0.15) is 5.10 Å². The quantitative estimate of drug-likeness (QED) is 0.165. The third-order valence-electron chi connectivity index (χ3n) is 6.61. The Hall–Kier alpha value is -4.63. The van der Waals surface area contributed by atoms with E-state index in [-0.39, 0.29) is 0 Å². The summed E-state index contributed by atoms with van der Waals surface area (Å²) in [6.45, 7) is 8.43. The fraction of sp³-hybridized carbons (Fsp3) is 0.114. The zero-order valence-corrected chi connectivity index (χ0v) is 22.5. The van der Waals surface area contributed by atoms with Gasteiger partial charge in [0.1, 0.15) is 0 Å². The monoisotopic (exact) mass is 495 g/mol. The lowest BCUT2D eigenvalue weighted by Gasteiger charge is -2.26. The zero-order valence-electron chi connectivity index (χ0n) is 22.5. The Bertz CT molecular complexity index is 1410. The van der Waals surface area contributed by atoms with Crippen molar-refractivity contribution in [2.75, 3.05) is 9.91 Å². The summed E-state index contributed by atoms with van der Waals surface area (Å²) in [5.74, 6) is 0. The summed E-state index contributed by atoms with van der Waals surface area (Å²) < 4.78 is 0. The number of hydrazone groups is 1. The Balaban J connectivity index is 1.46. The van der Waals surface area contributed by atoms with Gasteiger partial charge in [-0.25, -0.2) is 5.01 Å². The normalized spacial score (nSPS) is 11.1. The molecule has 0 radical (unpaired) electrons. The van der Waals surface area contributed by atoms with Crippen molar-refractivity contribution in [2.24, 2.45) is 5.10 Å². The summed E-state index contributed by atoms with van der Waals surface area (Å²) in [5.41, 5.74) is 11.4. The Labute approximate surface area is 226 Å². The van der Waals surface area contributed by atoms with Gasteiger partial charge in [0.15, 0.2) is 0 Å². The maximum atomic E-state index is 4.90. The van der Waals surface area contributed by atoms with Gasteiger partial charge in [-0.15, -0.1) is 0 Å². The Kier molecular flexibility index (Phi) is 7.37. The summed E-state index contributed by atoms with van der Waals surface area (Å²) in [6.07, 6.45) is 1.92. The Morgan fingerprint density at radius 3 is 1.03 bits per heavy atom. The minimum atomic E-state index is 1.03. The fourth-order valence-electron chi connectivity index (χ4n) is 4.32. The molecular formula is C35H33N3. The van der Waals surface area contributed by atoms with Crippen LogP contribution in [0.4, 0.5) is 28.4 Å². The lowest BCUT2D eigenvalue weighted by atomic mass is 10.1. The van der Waals surface area contributed by atoms with E-state index in [0.717, 1.165) is 34.0 Å². The van der Waals surface area contributed by atoms with Crippen LogP contribution in [-0.2, 0) is 0 Å². The first-order chi connectivity index (χ1) is 18.5. The molecule has 0 spiro atoms. The summed E-state index contributed by atoms with van der Waals surface area (Å²) in [7, 11) is 0. The van der Waals surface area contributed by atoms with E-state index in [1.54, 1.807) is 0 Å². The second kappa shape index (κ2) is 11.2. The average molecular weight is 496 g/mol. The molecule has 0 heterocycles. The number of aryl methyl sites for hydroxylation is 4. The molecule has 0 saturated heterocycles. The molecule has 3 nitrogen and oxygen atoms in total. The van der Waals surface area contributed by atoms with Gasteiger partial charge in [0, 0.05) is 17.1 Å². The Morgan fingerprint density at radius 2 is 0.684 bits per heavy atom. The van der Waals surface area contributed by atoms with Crippen LogP contribution in [0.2, 0.25) is 0 Å². The van der Waals surface area contributed by atoms with Gasteiger partial charge in [0.25, 0.3) is 0 Å². The third-order valence-corrected chi connectivity index (χ3v) is 6.61. The minimum absolute atomic E-state index is 1.03. The van der Waals surface area contributed by atoms with Crippen molar-refractivity contribution in [1.82, 2.24) is 0 Å². The van der Waals surface area contributed by atoms with Crippen molar-refractivity contribution in [2.45, 2.75) is 27.7 Å². The van der Waals surface area contributed by atoms with Crippen LogP contribution in [0.3, 0.4) is 0 Å². The molecule has 5 rings (SSSR count). The van der Waals surface area contributed by atoms with Crippen molar-refractivity contribution < 1.29 is 0 Å². The van der Waals surface area contributed by atoms with E-state index in [4.69, 9.17) is 5.10 Å². The van der Waals surface area contributed by atoms with Crippen LogP contribution >= 0.6 is 0 Å². The maximum Gasteiger partial charge on any atom is 0.0652 e. The molecule has 0 saturated carbocycles. The molecule has 0 aromatic heterocycles. The lowest BCUT2D eigenvalue weighted by Crippen LogP contribution is -2.10. The van der Waals surface area contributed by atoms with Crippen molar-refractivity contribution >= 4 is 34.7 Å². The topological polar surface area (TPSA) is 18.8 Å². The molecule has 5 aromatic carbocycles. The van der Waals surface area contributed by atoms with Crippen LogP contribution in [0.15, 0.2) is 126 Å². The molecule has 0 fully saturated rings. The molecule has 0 amide bonds. The lowest BCUT2D eigenvalue weighted by molar-refractivity contribution is 1.09. The molecule has 0 bridgehead atoms. The van der Waals surface area contributed by atoms with Crippen molar-refractivity contribution in [1.29, 1.82) is 0 Å².